The summed E-state index contributed by atoms with van der Waals surface area (Å²) in [6.45, 7) is 5.64. The number of nitrogens with two attached hydrogens (primary N) is 1. The standard InChI is InChI=1S/C14H23N3O2/c1-10(17(4)9-14(2,3)19)13(18)16-12-7-5-6-11(15)8-12/h5-8,10,19H,9,15H2,1-4H3,(H,16,18). The Labute approximate surface area is 114 Å². The predicted octanol–water partition coefficient (Wildman–Crippen LogP) is 1.30. The van der Waals surface area contributed by atoms with E-state index in [0.29, 0.717) is 17.9 Å². The Morgan fingerprint density at radius 3 is 2.68 bits per heavy atom. The van der Waals surface area contributed by atoms with Crippen LogP contribution in [0.3, 0.4) is 0 Å². The van der Waals surface area contributed by atoms with Crippen molar-refractivity contribution in [1.29, 1.82) is 0 Å². The summed E-state index contributed by atoms with van der Waals surface area (Å²) in [4.78, 5) is 13.9. The van der Waals surface area contributed by atoms with Crippen molar-refractivity contribution in [3.63, 3.8) is 0 Å². The minimum Gasteiger partial charge on any atom is -0.399 e. The van der Waals surface area contributed by atoms with Gasteiger partial charge in [-0.05, 0) is 46.0 Å². The van der Waals surface area contributed by atoms with Gasteiger partial charge in [0.1, 0.15) is 0 Å². The lowest BCUT2D eigenvalue weighted by atomic mass is 10.1. The monoisotopic (exact) mass is 265 g/mol. The van der Waals surface area contributed by atoms with Crippen LogP contribution < -0.4 is 11.1 Å². The Kier molecular flexibility index (Phi) is 4.91. The molecule has 0 saturated carbocycles. The Hall–Kier alpha value is -1.59. The molecule has 0 aliphatic rings. The molecule has 0 fully saturated rings. The summed E-state index contributed by atoms with van der Waals surface area (Å²) in [5.41, 5.74) is 6.11. The molecular formula is C14H23N3O2. The van der Waals surface area contributed by atoms with Gasteiger partial charge >= 0.3 is 0 Å². The van der Waals surface area contributed by atoms with Gasteiger partial charge in [-0.1, -0.05) is 6.07 Å². The molecule has 0 bridgehead atoms. The van der Waals surface area contributed by atoms with Crippen LogP contribution in [0.1, 0.15) is 20.8 Å². The van der Waals surface area contributed by atoms with E-state index in [9.17, 15) is 9.90 Å². The summed E-state index contributed by atoms with van der Waals surface area (Å²) in [7, 11) is 1.81. The first kappa shape index (κ1) is 15.5. The number of benzene rings is 1. The molecule has 1 rings (SSSR count). The number of aliphatic hydroxyl groups is 1. The highest BCUT2D eigenvalue weighted by Gasteiger charge is 2.23. The molecule has 19 heavy (non-hydrogen) atoms. The van der Waals surface area contributed by atoms with Gasteiger partial charge < -0.3 is 16.2 Å². The fourth-order valence-electron chi connectivity index (χ4n) is 1.81. The van der Waals surface area contributed by atoms with Gasteiger partial charge in [0.25, 0.3) is 0 Å². The fraction of sp³-hybridized carbons (Fsp3) is 0.500. The highest BCUT2D eigenvalue weighted by Crippen LogP contribution is 2.13. The number of carbonyl (C=O) groups is 1. The van der Waals surface area contributed by atoms with Crippen LogP contribution in [0.5, 0.6) is 0 Å². The van der Waals surface area contributed by atoms with Gasteiger partial charge in [0, 0.05) is 17.9 Å². The van der Waals surface area contributed by atoms with Crippen molar-refractivity contribution in [2.45, 2.75) is 32.4 Å². The van der Waals surface area contributed by atoms with Crippen LogP contribution in [0.25, 0.3) is 0 Å². The van der Waals surface area contributed by atoms with E-state index in [1.807, 2.05) is 11.9 Å². The van der Waals surface area contributed by atoms with Crippen molar-refractivity contribution in [2.75, 3.05) is 24.6 Å². The van der Waals surface area contributed by atoms with Crippen molar-refractivity contribution in [3.05, 3.63) is 24.3 Å². The van der Waals surface area contributed by atoms with Crippen LogP contribution in [0, 0.1) is 0 Å². The predicted molar refractivity (Wildman–Crippen MR) is 77.9 cm³/mol. The van der Waals surface area contributed by atoms with Crippen molar-refractivity contribution >= 4 is 17.3 Å². The van der Waals surface area contributed by atoms with E-state index in [4.69, 9.17) is 5.73 Å². The van der Waals surface area contributed by atoms with Crippen molar-refractivity contribution in [2.24, 2.45) is 0 Å². The summed E-state index contributed by atoms with van der Waals surface area (Å²) in [5.74, 6) is -0.127. The number of rotatable bonds is 5. The van der Waals surface area contributed by atoms with E-state index >= 15 is 0 Å². The molecule has 0 aliphatic heterocycles. The topological polar surface area (TPSA) is 78.6 Å². The van der Waals surface area contributed by atoms with Crippen LogP contribution in [-0.4, -0.2) is 41.1 Å². The molecule has 1 atom stereocenters. The SMILES string of the molecule is CC(C(=O)Nc1cccc(N)c1)N(C)CC(C)(C)O. The second-order valence-electron chi connectivity index (χ2n) is 5.52. The van der Waals surface area contributed by atoms with Gasteiger partial charge in [0.15, 0.2) is 0 Å². The van der Waals surface area contributed by atoms with Crippen LogP contribution in [0.15, 0.2) is 24.3 Å². The van der Waals surface area contributed by atoms with Gasteiger partial charge in [-0.15, -0.1) is 0 Å². The molecule has 0 saturated heterocycles. The number of nitrogens with one attached hydrogen (secondary N) is 1. The first-order valence-electron chi connectivity index (χ1n) is 6.28. The van der Waals surface area contributed by atoms with Crippen LogP contribution in [-0.2, 0) is 4.79 Å². The molecular weight excluding hydrogens is 242 g/mol. The van der Waals surface area contributed by atoms with Crippen LogP contribution in [0.4, 0.5) is 11.4 Å². The van der Waals surface area contributed by atoms with E-state index in [1.165, 1.54) is 0 Å². The third-order valence-electron chi connectivity index (χ3n) is 2.83. The lowest BCUT2D eigenvalue weighted by Gasteiger charge is -2.29. The second-order valence-corrected chi connectivity index (χ2v) is 5.52. The lowest BCUT2D eigenvalue weighted by Crippen LogP contribution is -2.46. The maximum Gasteiger partial charge on any atom is 0.241 e. The van der Waals surface area contributed by atoms with Crippen LogP contribution in [0.2, 0.25) is 0 Å². The maximum absolute atomic E-state index is 12.1. The normalized spacial score (nSPS) is 13.4. The zero-order valence-corrected chi connectivity index (χ0v) is 12.0. The van der Waals surface area contributed by atoms with Gasteiger partial charge in [-0.3, -0.25) is 9.69 Å². The third-order valence-corrected chi connectivity index (χ3v) is 2.83. The first-order chi connectivity index (χ1) is 8.69. The van der Waals surface area contributed by atoms with E-state index < -0.39 is 5.60 Å². The molecule has 5 nitrogen and oxygen atoms in total. The molecule has 4 N–H and O–H groups in total. The highest BCUT2D eigenvalue weighted by molar-refractivity contribution is 5.94. The molecule has 0 heterocycles. The van der Waals surface area contributed by atoms with Gasteiger partial charge in [-0.2, -0.15) is 0 Å². The lowest BCUT2D eigenvalue weighted by molar-refractivity contribution is -0.121. The van der Waals surface area contributed by atoms with Crippen molar-refractivity contribution in [3.8, 4) is 0 Å². The summed E-state index contributed by atoms with van der Waals surface area (Å²) in [6, 6.07) is 6.71. The summed E-state index contributed by atoms with van der Waals surface area (Å²) in [6.07, 6.45) is 0. The number of nitrogens with zero attached hydrogens (tertiary/aromatic N) is 1. The quantitative estimate of drug-likeness (QED) is 0.701. The minimum atomic E-state index is -0.833. The minimum absolute atomic E-state index is 0.127. The number of hydrogen-bond acceptors (Lipinski definition) is 4. The highest BCUT2D eigenvalue weighted by atomic mass is 16.3. The van der Waals surface area contributed by atoms with Crippen molar-refractivity contribution < 1.29 is 9.90 Å². The Morgan fingerprint density at radius 1 is 1.53 bits per heavy atom. The molecule has 1 aromatic rings. The van der Waals surface area contributed by atoms with E-state index in [2.05, 4.69) is 5.32 Å². The average molecular weight is 265 g/mol. The number of anilines is 2. The zero-order valence-electron chi connectivity index (χ0n) is 12.0. The molecule has 0 spiro atoms. The molecule has 1 unspecified atom stereocenters. The molecule has 1 aromatic carbocycles. The van der Waals surface area contributed by atoms with Crippen molar-refractivity contribution in [1.82, 2.24) is 4.90 Å². The Balaban J connectivity index is 2.62. The zero-order chi connectivity index (χ0) is 14.6. The number of hydrogen-bond donors (Lipinski definition) is 3. The van der Waals surface area contributed by atoms with Gasteiger partial charge in [0.2, 0.25) is 5.91 Å². The Morgan fingerprint density at radius 2 is 2.16 bits per heavy atom. The molecule has 1 amide bonds. The van der Waals surface area contributed by atoms with E-state index in [1.54, 1.807) is 45.0 Å². The number of likely N-dealkylation sites (N-methyl/N-ethyl adjacent to an activating group) is 1. The first-order valence-corrected chi connectivity index (χ1v) is 6.28. The number of nitrogen functional groups attached to an aromatic ring is 1. The summed E-state index contributed by atoms with van der Waals surface area (Å²) >= 11 is 0. The summed E-state index contributed by atoms with van der Waals surface area (Å²) in [5, 5.41) is 12.6. The molecule has 0 aromatic heterocycles. The second kappa shape index (κ2) is 6.04. The fourth-order valence-corrected chi connectivity index (χ4v) is 1.81. The molecule has 0 radical (unpaired) electrons. The Bertz CT molecular complexity index is 441. The maximum atomic E-state index is 12.1. The number of carbonyl (C=O) groups excluding carboxylic acids is 1. The average Bonchev–Trinajstić information content (AvgIpc) is 2.25. The van der Waals surface area contributed by atoms with E-state index in [-0.39, 0.29) is 11.9 Å². The third kappa shape index (κ3) is 5.28. The molecule has 106 valence electrons. The summed E-state index contributed by atoms with van der Waals surface area (Å²) < 4.78 is 0. The molecule has 5 heteroatoms. The molecule has 0 aliphatic carbocycles. The van der Waals surface area contributed by atoms with Gasteiger partial charge in [-0.25, -0.2) is 0 Å². The van der Waals surface area contributed by atoms with E-state index in [0.717, 1.165) is 0 Å². The van der Waals surface area contributed by atoms with Crippen LogP contribution >= 0.6 is 0 Å². The smallest absolute Gasteiger partial charge is 0.241 e. The van der Waals surface area contributed by atoms with Gasteiger partial charge in [0.05, 0.1) is 11.6 Å². The number of amides is 1. The largest absolute Gasteiger partial charge is 0.399 e.